The van der Waals surface area contributed by atoms with Crippen LogP contribution in [0.5, 0.6) is 11.5 Å². The summed E-state index contributed by atoms with van der Waals surface area (Å²) in [7, 11) is 3.14. The van der Waals surface area contributed by atoms with E-state index in [1.807, 2.05) is 24.3 Å². The van der Waals surface area contributed by atoms with Crippen LogP contribution in [0.15, 0.2) is 42.5 Å². The Bertz CT molecular complexity index is 993. The van der Waals surface area contributed by atoms with Crippen LogP contribution < -0.4 is 19.7 Å². The Kier molecular flexibility index (Phi) is 4.97. The van der Waals surface area contributed by atoms with Gasteiger partial charge in [0.15, 0.2) is 11.5 Å². The van der Waals surface area contributed by atoms with Gasteiger partial charge in [-0.05, 0) is 25.0 Å². The number of para-hydroxylation sites is 2. The number of amides is 1. The molecule has 4 rings (SSSR count). The molecule has 144 valence electrons. The Balaban J connectivity index is 1.73. The van der Waals surface area contributed by atoms with E-state index in [-0.39, 0.29) is 5.91 Å². The summed E-state index contributed by atoms with van der Waals surface area (Å²) < 4.78 is 10.6. The SMILES string of the molecule is COc1cc(NC(=O)c2nc3ccccc3nc2N2CCCC2)cc(OC)c1. The monoisotopic (exact) mass is 378 g/mol. The molecule has 0 saturated carbocycles. The molecule has 1 N–H and O–H groups in total. The number of hydrogen-bond donors (Lipinski definition) is 1. The molecule has 28 heavy (non-hydrogen) atoms. The molecule has 7 heteroatoms. The summed E-state index contributed by atoms with van der Waals surface area (Å²) >= 11 is 0. The van der Waals surface area contributed by atoms with Crippen molar-refractivity contribution in [2.24, 2.45) is 0 Å². The predicted octanol–water partition coefficient (Wildman–Crippen LogP) is 3.50. The van der Waals surface area contributed by atoms with Crippen molar-refractivity contribution in [2.75, 3.05) is 37.5 Å². The summed E-state index contributed by atoms with van der Waals surface area (Å²) in [4.78, 5) is 24.6. The van der Waals surface area contributed by atoms with E-state index in [2.05, 4.69) is 15.2 Å². The number of carbonyl (C=O) groups is 1. The van der Waals surface area contributed by atoms with Gasteiger partial charge in [0.1, 0.15) is 11.5 Å². The first-order valence-electron chi connectivity index (χ1n) is 9.24. The third-order valence-electron chi connectivity index (χ3n) is 4.78. The average Bonchev–Trinajstić information content (AvgIpc) is 3.27. The summed E-state index contributed by atoms with van der Waals surface area (Å²) in [5.41, 5.74) is 2.37. The summed E-state index contributed by atoms with van der Waals surface area (Å²) in [5.74, 6) is 1.51. The predicted molar refractivity (Wildman–Crippen MR) is 108 cm³/mol. The molecule has 0 unspecified atom stereocenters. The number of methoxy groups -OCH3 is 2. The Morgan fingerprint density at radius 2 is 1.57 bits per heavy atom. The number of carbonyl (C=O) groups excluding carboxylic acids is 1. The minimum atomic E-state index is -0.310. The second-order valence-corrected chi connectivity index (χ2v) is 6.63. The van der Waals surface area contributed by atoms with Crippen LogP contribution in [0, 0.1) is 0 Å². The fraction of sp³-hybridized carbons (Fsp3) is 0.286. The van der Waals surface area contributed by atoms with Gasteiger partial charge < -0.3 is 19.7 Å². The van der Waals surface area contributed by atoms with Gasteiger partial charge in [-0.1, -0.05) is 12.1 Å². The van der Waals surface area contributed by atoms with E-state index in [1.54, 1.807) is 32.4 Å². The van der Waals surface area contributed by atoms with Crippen molar-refractivity contribution in [1.82, 2.24) is 9.97 Å². The van der Waals surface area contributed by atoms with E-state index in [1.165, 1.54) is 0 Å². The summed E-state index contributed by atoms with van der Waals surface area (Å²) in [6.07, 6.45) is 2.17. The lowest BCUT2D eigenvalue weighted by molar-refractivity contribution is 0.102. The molecule has 0 radical (unpaired) electrons. The minimum absolute atomic E-state index is 0.310. The molecule has 1 fully saturated rings. The maximum atomic E-state index is 13.1. The molecule has 1 aromatic heterocycles. The quantitative estimate of drug-likeness (QED) is 0.732. The summed E-state index contributed by atoms with van der Waals surface area (Å²) in [5, 5.41) is 2.91. The Morgan fingerprint density at radius 3 is 2.18 bits per heavy atom. The molecule has 7 nitrogen and oxygen atoms in total. The molecule has 1 aliphatic rings. The van der Waals surface area contributed by atoms with Crippen LogP contribution in [0.2, 0.25) is 0 Å². The van der Waals surface area contributed by atoms with Crippen LogP contribution >= 0.6 is 0 Å². The van der Waals surface area contributed by atoms with E-state index in [4.69, 9.17) is 14.5 Å². The smallest absolute Gasteiger partial charge is 0.278 e. The van der Waals surface area contributed by atoms with E-state index in [0.29, 0.717) is 34.2 Å². The number of aromatic nitrogens is 2. The number of ether oxygens (including phenoxy) is 2. The molecule has 1 saturated heterocycles. The first kappa shape index (κ1) is 18.0. The van der Waals surface area contributed by atoms with Gasteiger partial charge >= 0.3 is 0 Å². The van der Waals surface area contributed by atoms with Crippen molar-refractivity contribution in [3.8, 4) is 11.5 Å². The molecule has 0 spiro atoms. The largest absolute Gasteiger partial charge is 0.497 e. The fourth-order valence-corrected chi connectivity index (χ4v) is 3.36. The molecule has 0 aliphatic carbocycles. The van der Waals surface area contributed by atoms with Crippen LogP contribution in [0.1, 0.15) is 23.3 Å². The maximum absolute atomic E-state index is 13.1. The maximum Gasteiger partial charge on any atom is 0.278 e. The number of fused-ring (bicyclic) bond motifs is 1. The molecule has 2 heterocycles. The van der Waals surface area contributed by atoms with Crippen molar-refractivity contribution in [3.05, 3.63) is 48.2 Å². The van der Waals surface area contributed by atoms with Gasteiger partial charge in [-0.3, -0.25) is 4.79 Å². The topological polar surface area (TPSA) is 76.6 Å². The number of hydrogen-bond acceptors (Lipinski definition) is 6. The lowest BCUT2D eigenvalue weighted by Crippen LogP contribution is -2.25. The third kappa shape index (κ3) is 3.55. The van der Waals surface area contributed by atoms with Gasteiger partial charge in [-0.2, -0.15) is 0 Å². The van der Waals surface area contributed by atoms with Crippen LogP contribution in [0.25, 0.3) is 11.0 Å². The third-order valence-corrected chi connectivity index (χ3v) is 4.78. The number of benzene rings is 2. The molecule has 2 aromatic carbocycles. The highest BCUT2D eigenvalue weighted by Gasteiger charge is 2.24. The first-order chi connectivity index (χ1) is 13.7. The van der Waals surface area contributed by atoms with Crippen molar-refractivity contribution in [3.63, 3.8) is 0 Å². The molecule has 3 aromatic rings. The number of anilines is 2. The highest BCUT2D eigenvalue weighted by atomic mass is 16.5. The molecular weight excluding hydrogens is 356 g/mol. The second kappa shape index (κ2) is 7.72. The number of rotatable bonds is 5. The molecule has 0 atom stereocenters. The Labute approximate surface area is 163 Å². The molecule has 0 bridgehead atoms. The van der Waals surface area contributed by atoms with Gasteiger partial charge in [0.25, 0.3) is 5.91 Å². The second-order valence-electron chi connectivity index (χ2n) is 6.63. The highest BCUT2D eigenvalue weighted by molar-refractivity contribution is 6.07. The van der Waals surface area contributed by atoms with Crippen molar-refractivity contribution in [1.29, 1.82) is 0 Å². The molecule has 1 aliphatic heterocycles. The van der Waals surface area contributed by atoms with Crippen molar-refractivity contribution >= 4 is 28.4 Å². The molecular formula is C21H22N4O3. The van der Waals surface area contributed by atoms with Crippen LogP contribution in [0.3, 0.4) is 0 Å². The highest BCUT2D eigenvalue weighted by Crippen LogP contribution is 2.28. The van der Waals surface area contributed by atoms with Gasteiger partial charge in [-0.15, -0.1) is 0 Å². The molecule has 1 amide bonds. The number of nitrogens with one attached hydrogen (secondary N) is 1. The normalized spacial score (nSPS) is 13.6. The fourth-order valence-electron chi connectivity index (χ4n) is 3.36. The Morgan fingerprint density at radius 1 is 0.964 bits per heavy atom. The van der Waals surface area contributed by atoms with E-state index in [9.17, 15) is 4.79 Å². The van der Waals surface area contributed by atoms with Gasteiger partial charge in [0.2, 0.25) is 0 Å². The zero-order chi connectivity index (χ0) is 19.5. The van der Waals surface area contributed by atoms with Crippen molar-refractivity contribution < 1.29 is 14.3 Å². The van der Waals surface area contributed by atoms with Gasteiger partial charge in [-0.25, -0.2) is 9.97 Å². The van der Waals surface area contributed by atoms with Gasteiger partial charge in [0, 0.05) is 37.0 Å². The van der Waals surface area contributed by atoms with Crippen LogP contribution in [0.4, 0.5) is 11.5 Å². The van der Waals surface area contributed by atoms with E-state index < -0.39 is 0 Å². The average molecular weight is 378 g/mol. The summed E-state index contributed by atoms with van der Waals surface area (Å²) in [6.45, 7) is 1.75. The zero-order valence-corrected chi connectivity index (χ0v) is 15.9. The number of nitrogens with zero attached hydrogens (tertiary/aromatic N) is 3. The van der Waals surface area contributed by atoms with Crippen molar-refractivity contribution in [2.45, 2.75) is 12.8 Å². The van der Waals surface area contributed by atoms with Crippen LogP contribution in [-0.4, -0.2) is 43.2 Å². The first-order valence-corrected chi connectivity index (χ1v) is 9.24. The Hall–Kier alpha value is -3.35. The standard InChI is InChI=1S/C21H22N4O3/c1-27-15-11-14(12-16(13-15)28-2)22-21(26)19-20(25-9-5-6-10-25)24-18-8-4-3-7-17(18)23-19/h3-4,7-8,11-13H,5-6,9-10H2,1-2H3,(H,22,26). The lowest BCUT2D eigenvalue weighted by atomic mass is 10.2. The lowest BCUT2D eigenvalue weighted by Gasteiger charge is -2.19. The summed E-state index contributed by atoms with van der Waals surface area (Å²) in [6, 6.07) is 12.8. The van der Waals surface area contributed by atoms with E-state index in [0.717, 1.165) is 31.4 Å². The van der Waals surface area contributed by atoms with E-state index >= 15 is 0 Å². The van der Waals surface area contributed by atoms with Gasteiger partial charge in [0.05, 0.1) is 25.3 Å². The minimum Gasteiger partial charge on any atom is -0.497 e. The zero-order valence-electron chi connectivity index (χ0n) is 15.9. The van der Waals surface area contributed by atoms with Crippen LogP contribution in [-0.2, 0) is 0 Å².